The zero-order valence-corrected chi connectivity index (χ0v) is 11.6. The van der Waals surface area contributed by atoms with Crippen molar-refractivity contribution in [1.82, 2.24) is 4.89 Å². The minimum Gasteiger partial charge on any atom is -0.284 e. The van der Waals surface area contributed by atoms with Gasteiger partial charge in [-0.2, -0.15) is 0 Å². The topological polar surface area (TPSA) is 98.5 Å². The highest BCUT2D eigenvalue weighted by Crippen LogP contribution is 2.24. The summed E-state index contributed by atoms with van der Waals surface area (Å²) in [4.78, 5) is 16.9. The summed E-state index contributed by atoms with van der Waals surface area (Å²) in [5.74, 6) is 0. The van der Waals surface area contributed by atoms with Gasteiger partial charge in [0, 0.05) is 6.07 Å². The molecule has 0 unspecified atom stereocenters. The van der Waals surface area contributed by atoms with Crippen molar-refractivity contribution in [3.05, 3.63) is 34.4 Å². The number of benzene rings is 1. The second-order valence-electron chi connectivity index (χ2n) is 4.69. The molecular weight excluding hydrogens is 284 g/mol. The Labute approximate surface area is 117 Å². The van der Waals surface area contributed by atoms with Gasteiger partial charge < -0.3 is 0 Å². The van der Waals surface area contributed by atoms with Crippen LogP contribution >= 0.6 is 0 Å². The van der Waals surface area contributed by atoms with E-state index in [0.717, 1.165) is 38.2 Å². The van der Waals surface area contributed by atoms with Crippen LogP contribution < -0.4 is 4.89 Å². The van der Waals surface area contributed by atoms with Crippen molar-refractivity contribution in [2.75, 3.05) is 0 Å². The van der Waals surface area contributed by atoms with Crippen molar-refractivity contribution in [3.8, 4) is 0 Å². The third-order valence-corrected chi connectivity index (χ3v) is 4.47. The zero-order valence-electron chi connectivity index (χ0n) is 10.8. The Balaban J connectivity index is 2.12. The lowest BCUT2D eigenvalue weighted by molar-refractivity contribution is -0.387. The second-order valence-corrected chi connectivity index (χ2v) is 6.30. The molecule has 1 saturated carbocycles. The first kappa shape index (κ1) is 14.9. The molecule has 1 fully saturated rings. The zero-order chi connectivity index (χ0) is 14.6. The molecule has 0 heterocycles. The van der Waals surface area contributed by atoms with E-state index in [9.17, 15) is 18.5 Å². The van der Waals surface area contributed by atoms with Crippen molar-refractivity contribution in [2.24, 2.45) is 0 Å². The number of sulfonamides is 1. The second kappa shape index (κ2) is 6.29. The summed E-state index contributed by atoms with van der Waals surface area (Å²) in [5.41, 5.74) is -0.466. The Morgan fingerprint density at radius 2 is 1.85 bits per heavy atom. The van der Waals surface area contributed by atoms with Crippen molar-refractivity contribution in [1.29, 1.82) is 0 Å². The monoisotopic (exact) mass is 300 g/mol. The fraction of sp³-hybridized carbons (Fsp3) is 0.500. The van der Waals surface area contributed by atoms with Crippen LogP contribution in [0.3, 0.4) is 0 Å². The number of nitrogens with zero attached hydrogens (tertiary/aromatic N) is 1. The molecule has 0 atom stereocenters. The van der Waals surface area contributed by atoms with E-state index in [-0.39, 0.29) is 11.0 Å². The van der Waals surface area contributed by atoms with Crippen molar-refractivity contribution in [2.45, 2.75) is 43.1 Å². The Hall–Kier alpha value is -1.51. The molecule has 0 aliphatic heterocycles. The fourth-order valence-electron chi connectivity index (χ4n) is 2.19. The number of para-hydroxylation sites is 1. The molecular formula is C12H16N2O5S. The number of nitrogens with one attached hydrogen (secondary N) is 1. The average Bonchev–Trinajstić information content (AvgIpc) is 2.46. The first-order valence-electron chi connectivity index (χ1n) is 6.41. The largest absolute Gasteiger partial charge is 0.289 e. The molecule has 2 rings (SSSR count). The van der Waals surface area contributed by atoms with E-state index in [0.29, 0.717) is 0 Å². The summed E-state index contributed by atoms with van der Waals surface area (Å²) in [5, 5.41) is 10.8. The quantitative estimate of drug-likeness (QED) is 0.663. The minimum atomic E-state index is -4.05. The van der Waals surface area contributed by atoms with Gasteiger partial charge in [-0.05, 0) is 18.9 Å². The van der Waals surface area contributed by atoms with Crippen LogP contribution in [0.4, 0.5) is 5.69 Å². The van der Waals surface area contributed by atoms with Crippen molar-refractivity contribution < 1.29 is 18.2 Å². The normalized spacial score (nSPS) is 17.0. The van der Waals surface area contributed by atoms with Gasteiger partial charge in [-0.25, -0.2) is 8.42 Å². The SMILES string of the molecule is O=[N+]([O-])c1ccccc1S(=O)(=O)NOC1CCCCC1. The van der Waals surface area contributed by atoms with Gasteiger partial charge in [-0.15, -0.1) is 0 Å². The third kappa shape index (κ3) is 3.53. The van der Waals surface area contributed by atoms with Gasteiger partial charge >= 0.3 is 0 Å². The smallest absolute Gasteiger partial charge is 0.284 e. The van der Waals surface area contributed by atoms with E-state index in [4.69, 9.17) is 4.84 Å². The highest BCUT2D eigenvalue weighted by Gasteiger charge is 2.26. The molecule has 0 aromatic heterocycles. The van der Waals surface area contributed by atoms with Crippen LogP contribution in [-0.4, -0.2) is 19.4 Å². The number of nitro benzene ring substituents is 1. The van der Waals surface area contributed by atoms with E-state index in [1.807, 2.05) is 4.89 Å². The van der Waals surface area contributed by atoms with Gasteiger partial charge in [0.25, 0.3) is 15.7 Å². The van der Waals surface area contributed by atoms with Crippen LogP contribution in [0.25, 0.3) is 0 Å². The van der Waals surface area contributed by atoms with E-state index in [1.165, 1.54) is 18.2 Å². The van der Waals surface area contributed by atoms with Gasteiger partial charge in [0.05, 0.1) is 11.0 Å². The van der Waals surface area contributed by atoms with Crippen LogP contribution in [0.5, 0.6) is 0 Å². The van der Waals surface area contributed by atoms with Crippen LogP contribution in [0, 0.1) is 10.1 Å². The van der Waals surface area contributed by atoms with E-state index in [2.05, 4.69) is 0 Å². The summed E-state index contributed by atoms with van der Waals surface area (Å²) in [6.45, 7) is 0. The van der Waals surface area contributed by atoms with E-state index >= 15 is 0 Å². The molecule has 1 N–H and O–H groups in total. The van der Waals surface area contributed by atoms with Crippen LogP contribution in [0.15, 0.2) is 29.2 Å². The standard InChI is InChI=1S/C12H16N2O5S/c15-14(16)11-8-4-5-9-12(11)20(17,18)13-19-10-6-2-1-3-7-10/h4-5,8-10,13H,1-3,6-7H2. The predicted molar refractivity (Wildman–Crippen MR) is 71.4 cm³/mol. The molecule has 1 aliphatic rings. The molecule has 8 heteroatoms. The summed E-state index contributed by atoms with van der Waals surface area (Å²) in [7, 11) is -4.05. The molecule has 0 radical (unpaired) electrons. The Bertz CT molecular complexity index is 581. The summed E-state index contributed by atoms with van der Waals surface area (Å²) in [6, 6.07) is 5.18. The predicted octanol–water partition coefficient (Wildman–Crippen LogP) is 2.14. The lowest BCUT2D eigenvalue weighted by Gasteiger charge is -2.21. The average molecular weight is 300 g/mol. The van der Waals surface area contributed by atoms with Crippen molar-refractivity contribution in [3.63, 3.8) is 0 Å². The summed E-state index contributed by atoms with van der Waals surface area (Å²) >= 11 is 0. The molecule has 0 spiro atoms. The molecule has 20 heavy (non-hydrogen) atoms. The van der Waals surface area contributed by atoms with Gasteiger partial charge in [-0.3, -0.25) is 15.0 Å². The van der Waals surface area contributed by atoms with Crippen molar-refractivity contribution >= 4 is 15.7 Å². The summed E-state index contributed by atoms with van der Waals surface area (Å²) < 4.78 is 24.1. The van der Waals surface area contributed by atoms with Gasteiger partial charge in [0.2, 0.25) is 0 Å². The first-order chi connectivity index (χ1) is 9.50. The number of rotatable bonds is 5. The maximum Gasteiger partial charge on any atom is 0.289 e. The molecule has 1 aromatic rings. The highest BCUT2D eigenvalue weighted by molar-refractivity contribution is 7.89. The van der Waals surface area contributed by atoms with Crippen LogP contribution in [-0.2, 0) is 14.9 Å². The fourth-order valence-corrected chi connectivity index (χ4v) is 3.22. The summed E-state index contributed by atoms with van der Waals surface area (Å²) in [6.07, 6.45) is 4.53. The van der Waals surface area contributed by atoms with E-state index < -0.39 is 20.6 Å². The molecule has 0 bridgehead atoms. The molecule has 7 nitrogen and oxygen atoms in total. The third-order valence-electron chi connectivity index (χ3n) is 3.23. The number of nitro groups is 1. The molecule has 1 aliphatic carbocycles. The Kier molecular flexibility index (Phi) is 4.69. The first-order valence-corrected chi connectivity index (χ1v) is 7.90. The van der Waals surface area contributed by atoms with Crippen LogP contribution in [0.2, 0.25) is 0 Å². The molecule has 1 aromatic carbocycles. The lowest BCUT2D eigenvalue weighted by Crippen LogP contribution is -2.31. The maximum atomic E-state index is 12.1. The number of hydrogen-bond acceptors (Lipinski definition) is 5. The Morgan fingerprint density at radius 1 is 1.20 bits per heavy atom. The Morgan fingerprint density at radius 3 is 2.50 bits per heavy atom. The highest BCUT2D eigenvalue weighted by atomic mass is 32.2. The number of hydrogen-bond donors (Lipinski definition) is 1. The molecule has 110 valence electrons. The van der Waals surface area contributed by atoms with Gasteiger partial charge in [0.15, 0.2) is 4.90 Å². The van der Waals surface area contributed by atoms with Gasteiger partial charge in [-0.1, -0.05) is 36.3 Å². The molecule has 0 amide bonds. The minimum absolute atomic E-state index is 0.165. The van der Waals surface area contributed by atoms with E-state index in [1.54, 1.807) is 0 Å². The maximum absolute atomic E-state index is 12.1. The van der Waals surface area contributed by atoms with Crippen LogP contribution in [0.1, 0.15) is 32.1 Å². The lowest BCUT2D eigenvalue weighted by atomic mass is 9.98. The van der Waals surface area contributed by atoms with Gasteiger partial charge in [0.1, 0.15) is 0 Å². The molecule has 0 saturated heterocycles.